The smallest absolute Gasteiger partial charge is 0.426 e. The minimum absolute atomic E-state index is 0.0355. The van der Waals surface area contributed by atoms with E-state index in [2.05, 4.69) is 15.4 Å². The van der Waals surface area contributed by atoms with Gasteiger partial charge in [-0.2, -0.15) is 13.2 Å². The summed E-state index contributed by atoms with van der Waals surface area (Å²) in [6, 6.07) is 2.84. The van der Waals surface area contributed by atoms with Crippen LogP contribution in [0.25, 0.3) is 10.9 Å². The van der Waals surface area contributed by atoms with Gasteiger partial charge in [0.1, 0.15) is 34.7 Å². The van der Waals surface area contributed by atoms with E-state index < -0.39 is 85.4 Å². The summed E-state index contributed by atoms with van der Waals surface area (Å²) in [5.41, 5.74) is -2.12. The molecule has 1 aromatic heterocycles. The molecule has 2 aromatic rings. The van der Waals surface area contributed by atoms with Gasteiger partial charge in [-0.15, -0.1) is 0 Å². The van der Waals surface area contributed by atoms with Gasteiger partial charge < -0.3 is 29.7 Å². The van der Waals surface area contributed by atoms with E-state index in [0.29, 0.717) is 68.6 Å². The highest BCUT2D eigenvalue weighted by molar-refractivity contribution is 7.91. The summed E-state index contributed by atoms with van der Waals surface area (Å²) in [6.45, 7) is 7.05. The molecule has 3 fully saturated rings. The molecule has 2 saturated carbocycles. The highest BCUT2D eigenvalue weighted by Crippen LogP contribution is 2.49. The molecular formula is C42H54F3N5O9S. The number of amides is 4. The third-order valence-electron chi connectivity index (χ3n) is 12.8. The molecule has 1 saturated heterocycles. The Morgan fingerprint density at radius 1 is 1.08 bits per heavy atom. The van der Waals surface area contributed by atoms with Crippen LogP contribution in [0.3, 0.4) is 0 Å². The Morgan fingerprint density at radius 2 is 1.82 bits per heavy atom. The van der Waals surface area contributed by atoms with Crippen LogP contribution in [-0.2, 0) is 35.6 Å². The number of fused-ring (bicyclic) bond motifs is 5. The Bertz CT molecular complexity index is 2210. The monoisotopic (exact) mass is 861 g/mol. The molecule has 18 heteroatoms. The number of sulfonamides is 1. The van der Waals surface area contributed by atoms with Gasteiger partial charge in [0.15, 0.2) is 0 Å². The number of methoxy groups -OCH3 is 1. The van der Waals surface area contributed by atoms with Crippen LogP contribution in [-0.4, -0.2) is 96.0 Å². The molecule has 5 aliphatic rings. The van der Waals surface area contributed by atoms with E-state index in [1.165, 1.54) is 25.7 Å². The average molecular weight is 862 g/mol. The molecule has 3 aliphatic heterocycles. The second-order valence-corrected chi connectivity index (χ2v) is 20.7. The van der Waals surface area contributed by atoms with Gasteiger partial charge in [-0.25, -0.2) is 18.2 Å². The number of aromatic nitrogens is 1. The molecule has 328 valence electrons. The van der Waals surface area contributed by atoms with E-state index in [4.69, 9.17) is 19.2 Å². The molecule has 1 unspecified atom stereocenters. The molecule has 14 nitrogen and oxygen atoms in total. The van der Waals surface area contributed by atoms with Crippen molar-refractivity contribution in [2.24, 2.45) is 11.3 Å². The zero-order valence-corrected chi connectivity index (χ0v) is 35.6. The van der Waals surface area contributed by atoms with Crippen LogP contribution >= 0.6 is 0 Å². The number of benzene rings is 1. The normalized spacial score (nSPS) is 29.0. The first-order chi connectivity index (χ1) is 28.0. The predicted octanol–water partition coefficient (Wildman–Crippen LogP) is 5.68. The number of hydrogen-bond donors (Lipinski definition) is 3. The fourth-order valence-electron chi connectivity index (χ4n) is 8.82. The lowest BCUT2D eigenvalue weighted by atomic mass is 9.87. The van der Waals surface area contributed by atoms with Crippen molar-refractivity contribution in [1.29, 1.82) is 0 Å². The molecule has 1 spiro atoms. The van der Waals surface area contributed by atoms with E-state index in [1.807, 2.05) is 18.2 Å². The molecule has 1 aromatic carbocycles. The number of nitrogens with zero attached hydrogens (tertiary/aromatic N) is 2. The lowest BCUT2D eigenvalue weighted by Crippen LogP contribution is -2.59. The Balaban J connectivity index is 1.24. The number of pyridine rings is 1. The van der Waals surface area contributed by atoms with E-state index >= 15 is 0 Å². The SMILES string of the molecule is COc1ccc2nc(C)c3c(c2c1)CC[C@]1(C[C@H]2C(=O)N[C@]4(C(=O)NS(=O)(=O)C5(C)CC5)C[C@H]4/C=C\CCCCC[C@H](NC(=O)OC(C(C)(C)C)C(F)(F)F)C(=O)N2C1)O3. The summed E-state index contributed by atoms with van der Waals surface area (Å²) in [5, 5.41) is 6.07. The highest BCUT2D eigenvalue weighted by Gasteiger charge is 2.64. The molecule has 3 N–H and O–H groups in total. The number of nitrogens with one attached hydrogen (secondary N) is 3. The highest BCUT2D eigenvalue weighted by atomic mass is 32.2. The molecule has 60 heavy (non-hydrogen) atoms. The lowest BCUT2D eigenvalue weighted by molar-refractivity contribution is -0.230. The van der Waals surface area contributed by atoms with Crippen molar-refractivity contribution in [3.63, 3.8) is 0 Å². The van der Waals surface area contributed by atoms with Crippen LogP contribution in [0.2, 0.25) is 0 Å². The van der Waals surface area contributed by atoms with E-state index in [1.54, 1.807) is 33.1 Å². The van der Waals surface area contributed by atoms with Gasteiger partial charge in [-0.1, -0.05) is 45.8 Å². The second-order valence-electron chi connectivity index (χ2n) is 18.5. The van der Waals surface area contributed by atoms with Crippen LogP contribution in [0.4, 0.5) is 18.0 Å². The summed E-state index contributed by atoms with van der Waals surface area (Å²) in [5.74, 6) is -1.78. The minimum atomic E-state index is -4.89. The van der Waals surface area contributed by atoms with E-state index in [0.717, 1.165) is 16.5 Å². The maximum absolute atomic E-state index is 14.8. The summed E-state index contributed by atoms with van der Waals surface area (Å²) in [4.78, 5) is 62.8. The largest absolute Gasteiger partial charge is 0.497 e. The van der Waals surface area contributed by atoms with Gasteiger partial charge in [0.25, 0.3) is 5.91 Å². The van der Waals surface area contributed by atoms with Crippen molar-refractivity contribution in [2.45, 2.75) is 145 Å². The van der Waals surface area contributed by atoms with Crippen LogP contribution in [0.5, 0.6) is 11.5 Å². The predicted molar refractivity (Wildman–Crippen MR) is 213 cm³/mol. The molecular weight excluding hydrogens is 808 g/mol. The number of carbonyl (C=O) groups excluding carboxylic acids is 4. The van der Waals surface area contributed by atoms with E-state index in [9.17, 15) is 40.8 Å². The first kappa shape index (κ1) is 43.5. The first-order valence-corrected chi connectivity index (χ1v) is 22.1. The van der Waals surface area contributed by atoms with Crippen molar-refractivity contribution in [2.75, 3.05) is 13.7 Å². The maximum atomic E-state index is 14.8. The summed E-state index contributed by atoms with van der Waals surface area (Å²) in [7, 11) is -2.51. The van der Waals surface area contributed by atoms with Crippen LogP contribution in [0.15, 0.2) is 30.4 Å². The fourth-order valence-corrected chi connectivity index (χ4v) is 10.1. The van der Waals surface area contributed by atoms with Crippen molar-refractivity contribution in [3.8, 4) is 11.5 Å². The summed E-state index contributed by atoms with van der Waals surface area (Å²) >= 11 is 0. The molecule has 2 aliphatic carbocycles. The number of rotatable bonds is 6. The molecule has 4 amide bonds. The number of carbonyl (C=O) groups is 4. The number of aryl methyl sites for hydroxylation is 2. The number of hydrogen-bond acceptors (Lipinski definition) is 10. The molecule has 6 atom stereocenters. The van der Waals surface area contributed by atoms with Crippen LogP contribution < -0.4 is 24.8 Å². The number of alkyl halides is 3. The number of ether oxygens (including phenoxy) is 3. The van der Waals surface area contributed by atoms with Gasteiger partial charge in [0.2, 0.25) is 27.9 Å². The molecule has 0 radical (unpaired) electrons. The number of alkyl carbamates (subject to hydrolysis) is 1. The Hall–Kier alpha value is -4.61. The van der Waals surface area contributed by atoms with Gasteiger partial charge in [0, 0.05) is 28.7 Å². The van der Waals surface area contributed by atoms with Crippen molar-refractivity contribution in [3.05, 3.63) is 41.6 Å². The van der Waals surface area contributed by atoms with Crippen molar-refractivity contribution < 1.29 is 55.0 Å². The Morgan fingerprint density at radius 3 is 2.48 bits per heavy atom. The summed E-state index contributed by atoms with van der Waals surface area (Å²) < 4.78 is 87.1. The quantitative estimate of drug-likeness (QED) is 0.306. The molecule has 0 bridgehead atoms. The zero-order chi connectivity index (χ0) is 43.6. The second kappa shape index (κ2) is 15.4. The van der Waals surface area contributed by atoms with Crippen molar-refractivity contribution in [1.82, 2.24) is 25.2 Å². The van der Waals surface area contributed by atoms with Crippen LogP contribution in [0.1, 0.15) is 103 Å². The van der Waals surface area contributed by atoms with Gasteiger partial charge in [0.05, 0.1) is 29.6 Å². The number of halogens is 3. The average Bonchev–Trinajstić information content (AvgIpc) is 4.06. The number of allylic oxidation sites excluding steroid dienone is 1. The Labute approximate surface area is 347 Å². The van der Waals surface area contributed by atoms with Crippen molar-refractivity contribution >= 4 is 44.7 Å². The van der Waals surface area contributed by atoms with Gasteiger partial charge in [-0.3, -0.25) is 19.1 Å². The first-order valence-electron chi connectivity index (χ1n) is 20.6. The third-order valence-corrected chi connectivity index (χ3v) is 14.9. The fraction of sp³-hybridized carbons (Fsp3) is 0.643. The van der Waals surface area contributed by atoms with E-state index in [-0.39, 0.29) is 25.8 Å². The van der Waals surface area contributed by atoms with Crippen LogP contribution in [0, 0.1) is 18.3 Å². The standard InChI is InChI=1S/C42H54F3N5O9S/c1-24-32-27(28-20-26(57-6)14-15-29(28)46-24)16-17-40(59-32)22-31-33(51)48-41(36(53)49-60(55,56)39(5)18-19-39)21-25(41)12-10-8-7-9-11-13-30(34(52)50(31)23-40)47-37(54)58-35(38(2,3)4)42(43,44)45/h10,12,14-15,20,25,30-31,35H,7-9,11,13,16-19,21-23H2,1-6H3,(H,47,54)(H,48,51)(H,49,53)/b12-10-/t25-,30+,31+,35?,40-,41-/m1/s1. The molecule has 7 rings (SSSR count). The van der Waals surface area contributed by atoms with Gasteiger partial charge >= 0.3 is 12.3 Å². The Kier molecular flexibility index (Phi) is 11.1. The lowest BCUT2D eigenvalue weighted by Gasteiger charge is -2.37. The molecule has 4 heterocycles. The maximum Gasteiger partial charge on any atom is 0.426 e. The third kappa shape index (κ3) is 8.36. The zero-order valence-electron chi connectivity index (χ0n) is 34.8. The minimum Gasteiger partial charge on any atom is -0.497 e. The van der Waals surface area contributed by atoms with Gasteiger partial charge in [-0.05, 0) is 83.4 Å². The topological polar surface area (TPSA) is 182 Å². The summed E-state index contributed by atoms with van der Waals surface area (Å²) in [6.07, 6.45) is -1.26.